The lowest BCUT2D eigenvalue weighted by Crippen LogP contribution is -2.37. The lowest BCUT2D eigenvalue weighted by Gasteiger charge is -2.26. The molecular formula is C16H19BrN2O2. The lowest BCUT2D eigenvalue weighted by molar-refractivity contribution is 0.0921. The minimum absolute atomic E-state index is 0.143. The van der Waals surface area contributed by atoms with Crippen molar-refractivity contribution in [2.45, 2.75) is 19.3 Å². The van der Waals surface area contributed by atoms with Crippen LogP contribution in [-0.2, 0) is 0 Å². The second kappa shape index (κ2) is 6.62. The molecule has 0 saturated carbocycles. The number of nitrogens with zero attached hydrogens (tertiary/aromatic N) is 1. The van der Waals surface area contributed by atoms with Crippen molar-refractivity contribution in [3.63, 3.8) is 0 Å². The van der Waals surface area contributed by atoms with Crippen LogP contribution in [0.25, 0.3) is 11.0 Å². The molecule has 2 heterocycles. The van der Waals surface area contributed by atoms with Gasteiger partial charge in [0.05, 0.1) is 4.47 Å². The van der Waals surface area contributed by atoms with E-state index in [1.54, 1.807) is 6.07 Å². The van der Waals surface area contributed by atoms with Gasteiger partial charge in [-0.25, -0.2) is 0 Å². The zero-order valence-electron chi connectivity index (χ0n) is 11.9. The summed E-state index contributed by atoms with van der Waals surface area (Å²) in [7, 11) is 0. The third-order valence-corrected chi connectivity index (χ3v) is 4.51. The number of rotatable bonds is 4. The standard InChI is InChI=1S/C16H19BrN2O2/c17-13-6-4-5-12-11-14(21-15(12)13)16(20)18-7-10-19-8-2-1-3-9-19/h4-6,11H,1-3,7-10H2,(H,18,20). The molecule has 0 radical (unpaired) electrons. The summed E-state index contributed by atoms with van der Waals surface area (Å²) in [6, 6.07) is 7.56. The number of hydrogen-bond donors (Lipinski definition) is 1. The lowest BCUT2D eigenvalue weighted by atomic mass is 10.1. The number of benzene rings is 1. The Balaban J connectivity index is 1.57. The summed E-state index contributed by atoms with van der Waals surface area (Å²) in [6.45, 7) is 3.87. The molecule has 0 bridgehead atoms. The maximum Gasteiger partial charge on any atom is 0.287 e. The molecule has 3 rings (SSSR count). The molecule has 4 nitrogen and oxygen atoms in total. The Hall–Kier alpha value is -1.33. The van der Waals surface area contributed by atoms with Crippen molar-refractivity contribution >= 4 is 32.8 Å². The zero-order valence-corrected chi connectivity index (χ0v) is 13.5. The van der Waals surface area contributed by atoms with E-state index < -0.39 is 0 Å². The Morgan fingerprint density at radius 3 is 2.86 bits per heavy atom. The van der Waals surface area contributed by atoms with Gasteiger partial charge < -0.3 is 14.6 Å². The van der Waals surface area contributed by atoms with Crippen LogP contribution in [0.2, 0.25) is 0 Å². The Morgan fingerprint density at radius 2 is 2.10 bits per heavy atom. The summed E-state index contributed by atoms with van der Waals surface area (Å²) in [5.74, 6) is 0.227. The van der Waals surface area contributed by atoms with Crippen LogP contribution in [0, 0.1) is 0 Å². The number of carbonyl (C=O) groups excluding carboxylic acids is 1. The fraction of sp³-hybridized carbons (Fsp3) is 0.438. The van der Waals surface area contributed by atoms with Gasteiger partial charge in [-0.05, 0) is 54.0 Å². The molecule has 0 atom stereocenters. The third kappa shape index (κ3) is 3.47. The van der Waals surface area contributed by atoms with Crippen LogP contribution in [-0.4, -0.2) is 37.0 Å². The number of amides is 1. The molecule has 0 aliphatic carbocycles. The van der Waals surface area contributed by atoms with E-state index in [0.717, 1.165) is 35.1 Å². The van der Waals surface area contributed by atoms with Gasteiger partial charge >= 0.3 is 0 Å². The highest BCUT2D eigenvalue weighted by Crippen LogP contribution is 2.26. The second-order valence-electron chi connectivity index (χ2n) is 5.43. The first-order chi connectivity index (χ1) is 10.2. The summed E-state index contributed by atoms with van der Waals surface area (Å²) in [5.41, 5.74) is 0.721. The van der Waals surface area contributed by atoms with E-state index in [1.807, 2.05) is 18.2 Å². The fourth-order valence-electron chi connectivity index (χ4n) is 2.74. The number of para-hydroxylation sites is 1. The maximum absolute atomic E-state index is 12.1. The average Bonchev–Trinajstić information content (AvgIpc) is 2.94. The van der Waals surface area contributed by atoms with Gasteiger partial charge in [-0.15, -0.1) is 0 Å². The summed E-state index contributed by atoms with van der Waals surface area (Å²) in [5, 5.41) is 3.87. The van der Waals surface area contributed by atoms with E-state index in [1.165, 1.54) is 19.3 Å². The molecule has 2 aromatic rings. The van der Waals surface area contributed by atoms with Crippen LogP contribution in [0.4, 0.5) is 0 Å². The molecule has 1 aromatic heterocycles. The van der Waals surface area contributed by atoms with Crippen LogP contribution in [0.15, 0.2) is 33.2 Å². The van der Waals surface area contributed by atoms with Crippen molar-refractivity contribution in [3.05, 3.63) is 34.5 Å². The molecule has 1 amide bonds. The zero-order chi connectivity index (χ0) is 14.7. The molecule has 1 aliphatic heterocycles. The Kier molecular flexibility index (Phi) is 4.60. The van der Waals surface area contributed by atoms with Crippen LogP contribution < -0.4 is 5.32 Å². The number of hydrogen-bond acceptors (Lipinski definition) is 3. The van der Waals surface area contributed by atoms with Crippen LogP contribution in [0.3, 0.4) is 0 Å². The SMILES string of the molecule is O=C(NCCN1CCCCC1)c1cc2cccc(Br)c2o1. The average molecular weight is 351 g/mol. The normalized spacial score (nSPS) is 16.2. The van der Waals surface area contributed by atoms with Gasteiger partial charge in [-0.3, -0.25) is 4.79 Å². The maximum atomic E-state index is 12.1. The summed E-state index contributed by atoms with van der Waals surface area (Å²) in [4.78, 5) is 14.5. The molecule has 1 saturated heterocycles. The van der Waals surface area contributed by atoms with E-state index in [-0.39, 0.29) is 5.91 Å². The fourth-order valence-corrected chi connectivity index (χ4v) is 3.20. The van der Waals surface area contributed by atoms with E-state index >= 15 is 0 Å². The van der Waals surface area contributed by atoms with E-state index in [4.69, 9.17) is 4.42 Å². The highest BCUT2D eigenvalue weighted by Gasteiger charge is 2.14. The van der Waals surface area contributed by atoms with E-state index in [9.17, 15) is 4.79 Å². The minimum Gasteiger partial charge on any atom is -0.450 e. The number of halogens is 1. The van der Waals surface area contributed by atoms with E-state index in [0.29, 0.717) is 12.3 Å². The largest absolute Gasteiger partial charge is 0.450 e. The topological polar surface area (TPSA) is 45.5 Å². The van der Waals surface area contributed by atoms with Crippen LogP contribution >= 0.6 is 15.9 Å². The molecular weight excluding hydrogens is 332 g/mol. The Bertz CT molecular complexity index is 632. The Morgan fingerprint density at radius 1 is 1.29 bits per heavy atom. The predicted molar refractivity (Wildman–Crippen MR) is 86.5 cm³/mol. The van der Waals surface area contributed by atoms with Crippen LogP contribution in [0.1, 0.15) is 29.8 Å². The first-order valence-corrected chi connectivity index (χ1v) is 8.22. The van der Waals surface area contributed by atoms with E-state index in [2.05, 4.69) is 26.1 Å². The van der Waals surface area contributed by atoms with Crippen molar-refractivity contribution in [1.29, 1.82) is 0 Å². The number of nitrogens with one attached hydrogen (secondary N) is 1. The van der Waals surface area contributed by atoms with Gasteiger partial charge in [0.25, 0.3) is 5.91 Å². The molecule has 1 fully saturated rings. The van der Waals surface area contributed by atoms with Gasteiger partial charge in [0.2, 0.25) is 0 Å². The van der Waals surface area contributed by atoms with Gasteiger partial charge in [0.15, 0.2) is 5.76 Å². The molecule has 21 heavy (non-hydrogen) atoms. The second-order valence-corrected chi connectivity index (χ2v) is 6.28. The summed E-state index contributed by atoms with van der Waals surface area (Å²) < 4.78 is 6.50. The predicted octanol–water partition coefficient (Wildman–Crippen LogP) is 3.41. The first kappa shape index (κ1) is 14.6. The van der Waals surface area contributed by atoms with Gasteiger partial charge in [-0.2, -0.15) is 0 Å². The highest BCUT2D eigenvalue weighted by atomic mass is 79.9. The van der Waals surface area contributed by atoms with Gasteiger partial charge in [0, 0.05) is 18.5 Å². The molecule has 0 spiro atoms. The molecule has 1 N–H and O–H groups in total. The third-order valence-electron chi connectivity index (χ3n) is 3.88. The first-order valence-electron chi connectivity index (χ1n) is 7.42. The summed E-state index contributed by atoms with van der Waals surface area (Å²) in [6.07, 6.45) is 3.87. The Labute approximate surface area is 132 Å². The van der Waals surface area contributed by atoms with Crippen molar-refractivity contribution in [1.82, 2.24) is 10.2 Å². The summed E-state index contributed by atoms with van der Waals surface area (Å²) >= 11 is 3.43. The molecule has 0 unspecified atom stereocenters. The quantitative estimate of drug-likeness (QED) is 0.918. The number of likely N-dealkylation sites (tertiary alicyclic amines) is 1. The highest BCUT2D eigenvalue weighted by molar-refractivity contribution is 9.10. The monoisotopic (exact) mass is 350 g/mol. The number of piperidine rings is 1. The van der Waals surface area contributed by atoms with Crippen LogP contribution in [0.5, 0.6) is 0 Å². The molecule has 112 valence electrons. The number of carbonyl (C=O) groups is 1. The van der Waals surface area contributed by atoms with Crippen molar-refractivity contribution in [2.75, 3.05) is 26.2 Å². The minimum atomic E-state index is -0.143. The smallest absolute Gasteiger partial charge is 0.287 e. The molecule has 1 aromatic carbocycles. The van der Waals surface area contributed by atoms with Crippen molar-refractivity contribution in [3.8, 4) is 0 Å². The van der Waals surface area contributed by atoms with Crippen molar-refractivity contribution < 1.29 is 9.21 Å². The number of furan rings is 1. The van der Waals surface area contributed by atoms with Gasteiger partial charge in [0.1, 0.15) is 5.58 Å². The van der Waals surface area contributed by atoms with Gasteiger partial charge in [-0.1, -0.05) is 18.6 Å². The van der Waals surface area contributed by atoms with Crippen molar-refractivity contribution in [2.24, 2.45) is 0 Å². The molecule has 1 aliphatic rings. The molecule has 5 heteroatoms. The number of fused-ring (bicyclic) bond motifs is 1.